The molecule has 0 spiro atoms. The van der Waals surface area contributed by atoms with Crippen LogP contribution in [0.4, 0.5) is 10.5 Å². The van der Waals surface area contributed by atoms with Crippen molar-refractivity contribution in [1.82, 2.24) is 14.8 Å². The summed E-state index contributed by atoms with van der Waals surface area (Å²) < 4.78 is 0. The highest BCUT2D eigenvalue weighted by Crippen LogP contribution is 2.23. The van der Waals surface area contributed by atoms with Crippen LogP contribution in [0.5, 0.6) is 0 Å². The van der Waals surface area contributed by atoms with E-state index in [4.69, 9.17) is 0 Å². The number of aromatic nitrogens is 1. The molecule has 26 heavy (non-hydrogen) atoms. The minimum absolute atomic E-state index is 0.0222. The number of benzene rings is 1. The monoisotopic (exact) mass is 352 g/mol. The van der Waals surface area contributed by atoms with E-state index in [1.165, 1.54) is 5.56 Å². The number of rotatable bonds is 3. The summed E-state index contributed by atoms with van der Waals surface area (Å²) in [5.41, 5.74) is 3.30. The quantitative estimate of drug-likeness (QED) is 0.916. The highest BCUT2D eigenvalue weighted by Gasteiger charge is 2.21. The zero-order valence-electron chi connectivity index (χ0n) is 15.9. The molecule has 3 rings (SSSR count). The Balaban J connectivity index is 1.49. The summed E-state index contributed by atoms with van der Waals surface area (Å²) in [6, 6.07) is 14.1. The smallest absolute Gasteiger partial charge is 0.321 e. The van der Waals surface area contributed by atoms with Gasteiger partial charge >= 0.3 is 6.03 Å². The molecule has 0 unspecified atom stereocenters. The van der Waals surface area contributed by atoms with Crippen LogP contribution in [0.15, 0.2) is 48.7 Å². The Morgan fingerprint density at radius 2 is 1.73 bits per heavy atom. The first kappa shape index (κ1) is 18.4. The van der Waals surface area contributed by atoms with Crippen LogP contribution in [0.1, 0.15) is 32.0 Å². The lowest BCUT2D eigenvalue weighted by atomic mass is 9.87. The number of nitrogens with zero attached hydrogens (tertiary/aromatic N) is 3. The molecule has 1 N–H and O–H groups in total. The predicted octanol–water partition coefficient (Wildman–Crippen LogP) is 3.73. The largest absolute Gasteiger partial charge is 0.322 e. The lowest BCUT2D eigenvalue weighted by molar-refractivity contribution is 0.142. The summed E-state index contributed by atoms with van der Waals surface area (Å²) in [4.78, 5) is 21.1. The van der Waals surface area contributed by atoms with Gasteiger partial charge in [-0.2, -0.15) is 0 Å². The highest BCUT2D eigenvalue weighted by atomic mass is 16.2. The van der Waals surface area contributed by atoms with Crippen LogP contribution in [0.2, 0.25) is 0 Å². The minimum Gasteiger partial charge on any atom is -0.322 e. The van der Waals surface area contributed by atoms with E-state index in [1.54, 1.807) is 0 Å². The first-order chi connectivity index (χ1) is 12.4. The molecule has 138 valence electrons. The third-order valence-corrected chi connectivity index (χ3v) is 4.77. The highest BCUT2D eigenvalue weighted by molar-refractivity contribution is 5.89. The van der Waals surface area contributed by atoms with Crippen molar-refractivity contribution in [2.24, 2.45) is 0 Å². The molecule has 0 saturated carbocycles. The Hall–Kier alpha value is -2.40. The standard InChI is InChI=1S/C21H28N4O/c1-21(2,3)17-7-9-18(10-8-17)23-20(26)25-14-12-24(13-15-25)16-19-6-4-5-11-22-19/h4-11H,12-16H2,1-3H3,(H,23,26). The molecule has 5 heteroatoms. The molecule has 1 aliphatic rings. The van der Waals surface area contributed by atoms with Gasteiger partial charge in [0.2, 0.25) is 0 Å². The Kier molecular flexibility index (Phi) is 5.57. The van der Waals surface area contributed by atoms with Crippen molar-refractivity contribution in [3.63, 3.8) is 0 Å². The minimum atomic E-state index is -0.0222. The summed E-state index contributed by atoms with van der Waals surface area (Å²) in [5, 5.41) is 3.01. The number of carbonyl (C=O) groups excluding carboxylic acids is 1. The molecule has 0 bridgehead atoms. The fourth-order valence-electron chi connectivity index (χ4n) is 3.09. The number of hydrogen-bond donors (Lipinski definition) is 1. The van der Waals surface area contributed by atoms with Gasteiger partial charge in [0.25, 0.3) is 0 Å². The molecule has 2 amide bonds. The number of piperazine rings is 1. The van der Waals surface area contributed by atoms with Crippen LogP contribution in [-0.4, -0.2) is 47.0 Å². The van der Waals surface area contributed by atoms with Gasteiger partial charge in [0, 0.05) is 44.6 Å². The fourth-order valence-corrected chi connectivity index (χ4v) is 3.09. The van der Waals surface area contributed by atoms with E-state index < -0.39 is 0 Å². The van der Waals surface area contributed by atoms with Crippen molar-refractivity contribution >= 4 is 11.7 Å². The lowest BCUT2D eigenvalue weighted by Gasteiger charge is -2.34. The number of urea groups is 1. The Morgan fingerprint density at radius 1 is 1.04 bits per heavy atom. The van der Waals surface area contributed by atoms with E-state index in [-0.39, 0.29) is 11.4 Å². The SMILES string of the molecule is CC(C)(C)c1ccc(NC(=O)N2CCN(Cc3ccccn3)CC2)cc1. The normalized spacial score (nSPS) is 15.7. The third kappa shape index (κ3) is 4.82. The first-order valence-corrected chi connectivity index (χ1v) is 9.20. The molecule has 1 aromatic carbocycles. The molecule has 1 aromatic heterocycles. The summed E-state index contributed by atoms with van der Waals surface area (Å²) >= 11 is 0. The molecule has 5 nitrogen and oxygen atoms in total. The second kappa shape index (κ2) is 7.87. The van der Waals surface area contributed by atoms with Gasteiger partial charge in [-0.25, -0.2) is 4.79 Å². The number of pyridine rings is 1. The average molecular weight is 352 g/mol. The van der Waals surface area contributed by atoms with Crippen LogP contribution in [0.3, 0.4) is 0 Å². The van der Waals surface area contributed by atoms with Gasteiger partial charge in [0.05, 0.1) is 5.69 Å². The fraction of sp³-hybridized carbons (Fsp3) is 0.429. The van der Waals surface area contributed by atoms with Gasteiger partial charge in [-0.3, -0.25) is 9.88 Å². The second-order valence-corrected chi connectivity index (χ2v) is 7.84. The van der Waals surface area contributed by atoms with Crippen molar-refractivity contribution < 1.29 is 4.79 Å². The van der Waals surface area contributed by atoms with Crippen LogP contribution >= 0.6 is 0 Å². The Labute approximate surface area is 156 Å². The van der Waals surface area contributed by atoms with E-state index in [2.05, 4.69) is 48.1 Å². The number of anilines is 1. The van der Waals surface area contributed by atoms with Crippen molar-refractivity contribution in [2.75, 3.05) is 31.5 Å². The first-order valence-electron chi connectivity index (χ1n) is 9.20. The van der Waals surface area contributed by atoms with E-state index in [0.29, 0.717) is 0 Å². The lowest BCUT2D eigenvalue weighted by Crippen LogP contribution is -2.49. The maximum absolute atomic E-state index is 12.5. The van der Waals surface area contributed by atoms with Gasteiger partial charge in [-0.05, 0) is 35.2 Å². The second-order valence-electron chi connectivity index (χ2n) is 7.84. The van der Waals surface area contributed by atoms with Gasteiger partial charge in [-0.15, -0.1) is 0 Å². The number of hydrogen-bond acceptors (Lipinski definition) is 3. The number of nitrogens with one attached hydrogen (secondary N) is 1. The van der Waals surface area contributed by atoms with Crippen molar-refractivity contribution in [3.8, 4) is 0 Å². The summed E-state index contributed by atoms with van der Waals surface area (Å²) in [6.45, 7) is 10.6. The van der Waals surface area contributed by atoms with E-state index >= 15 is 0 Å². The molecule has 0 atom stereocenters. The molecule has 0 radical (unpaired) electrons. The third-order valence-electron chi connectivity index (χ3n) is 4.77. The molecular weight excluding hydrogens is 324 g/mol. The molecule has 1 fully saturated rings. The van der Waals surface area contributed by atoms with Gasteiger partial charge in [0.1, 0.15) is 0 Å². The molecule has 0 aliphatic carbocycles. The molecule has 2 aromatic rings. The summed E-state index contributed by atoms with van der Waals surface area (Å²) in [6.07, 6.45) is 1.82. The summed E-state index contributed by atoms with van der Waals surface area (Å²) in [5.74, 6) is 0. The Bertz CT molecular complexity index is 714. The zero-order chi connectivity index (χ0) is 18.6. The van der Waals surface area contributed by atoms with Gasteiger partial charge in [-0.1, -0.05) is 39.0 Å². The van der Waals surface area contributed by atoms with E-state index in [0.717, 1.165) is 44.1 Å². The van der Waals surface area contributed by atoms with Gasteiger partial charge < -0.3 is 10.2 Å². The molecule has 1 aliphatic heterocycles. The maximum atomic E-state index is 12.5. The van der Waals surface area contributed by atoms with Crippen molar-refractivity contribution in [3.05, 3.63) is 59.9 Å². The van der Waals surface area contributed by atoms with E-state index in [1.807, 2.05) is 41.4 Å². The molecule has 2 heterocycles. The zero-order valence-corrected chi connectivity index (χ0v) is 15.9. The topological polar surface area (TPSA) is 48.5 Å². The van der Waals surface area contributed by atoms with Crippen LogP contribution in [-0.2, 0) is 12.0 Å². The van der Waals surface area contributed by atoms with Crippen molar-refractivity contribution in [2.45, 2.75) is 32.7 Å². The Morgan fingerprint density at radius 3 is 2.31 bits per heavy atom. The predicted molar refractivity (Wildman–Crippen MR) is 105 cm³/mol. The van der Waals surface area contributed by atoms with Gasteiger partial charge in [0.15, 0.2) is 0 Å². The molecular formula is C21H28N4O. The van der Waals surface area contributed by atoms with E-state index in [9.17, 15) is 4.79 Å². The molecule has 1 saturated heterocycles. The van der Waals surface area contributed by atoms with Crippen LogP contribution < -0.4 is 5.32 Å². The van der Waals surface area contributed by atoms with Crippen LogP contribution in [0.25, 0.3) is 0 Å². The number of carbonyl (C=O) groups is 1. The average Bonchev–Trinajstić information content (AvgIpc) is 2.63. The van der Waals surface area contributed by atoms with Crippen molar-refractivity contribution in [1.29, 1.82) is 0 Å². The maximum Gasteiger partial charge on any atom is 0.321 e. The summed E-state index contributed by atoms with van der Waals surface area (Å²) in [7, 11) is 0. The number of amides is 2. The van der Waals surface area contributed by atoms with Crippen LogP contribution in [0, 0.1) is 0 Å².